The number of methoxy groups -OCH3 is 1. The van der Waals surface area contributed by atoms with E-state index in [9.17, 15) is 0 Å². The number of anilines is 1. The van der Waals surface area contributed by atoms with Crippen LogP contribution in [0.3, 0.4) is 0 Å². The van der Waals surface area contributed by atoms with Crippen molar-refractivity contribution < 1.29 is 4.74 Å². The van der Waals surface area contributed by atoms with E-state index in [2.05, 4.69) is 65.1 Å². The molecule has 1 saturated heterocycles. The topological polar surface area (TPSA) is 24.5 Å². The van der Waals surface area contributed by atoms with Crippen LogP contribution in [0.5, 0.6) is 5.75 Å². The Bertz CT molecular complexity index is 450. The van der Waals surface area contributed by atoms with E-state index in [1.165, 1.54) is 12.1 Å². The van der Waals surface area contributed by atoms with Gasteiger partial charge in [0.15, 0.2) is 0 Å². The van der Waals surface area contributed by atoms with Gasteiger partial charge in [-0.25, -0.2) is 0 Å². The molecule has 112 valence electrons. The second-order valence-corrected chi connectivity index (χ2v) is 6.91. The van der Waals surface area contributed by atoms with Crippen molar-refractivity contribution in [2.24, 2.45) is 5.92 Å². The van der Waals surface area contributed by atoms with Gasteiger partial charge in [-0.05, 0) is 47.3 Å². The molecular formula is C16H25BrN2O. The first-order valence-corrected chi connectivity index (χ1v) is 8.14. The summed E-state index contributed by atoms with van der Waals surface area (Å²) in [4.78, 5) is 2.48. The van der Waals surface area contributed by atoms with Crippen LogP contribution in [0.2, 0.25) is 0 Å². The van der Waals surface area contributed by atoms with Crippen LogP contribution >= 0.6 is 15.9 Å². The predicted molar refractivity (Wildman–Crippen MR) is 88.7 cm³/mol. The molecule has 0 bridgehead atoms. The van der Waals surface area contributed by atoms with E-state index in [1.54, 1.807) is 7.11 Å². The van der Waals surface area contributed by atoms with E-state index in [-0.39, 0.29) is 0 Å². The summed E-state index contributed by atoms with van der Waals surface area (Å²) >= 11 is 3.52. The normalized spacial score (nSPS) is 23.2. The lowest BCUT2D eigenvalue weighted by Gasteiger charge is -2.41. The summed E-state index contributed by atoms with van der Waals surface area (Å²) in [5, 5.41) is 3.66. The van der Waals surface area contributed by atoms with Crippen LogP contribution in [0.15, 0.2) is 22.7 Å². The number of benzene rings is 1. The van der Waals surface area contributed by atoms with Gasteiger partial charge in [-0.1, -0.05) is 13.8 Å². The molecule has 3 nitrogen and oxygen atoms in total. The highest BCUT2D eigenvalue weighted by atomic mass is 79.9. The van der Waals surface area contributed by atoms with Crippen LogP contribution in [-0.2, 0) is 0 Å². The van der Waals surface area contributed by atoms with E-state index in [4.69, 9.17) is 4.74 Å². The number of rotatable bonds is 4. The molecule has 1 aliphatic rings. The van der Waals surface area contributed by atoms with Gasteiger partial charge < -0.3 is 15.0 Å². The van der Waals surface area contributed by atoms with Gasteiger partial charge >= 0.3 is 0 Å². The van der Waals surface area contributed by atoms with Crippen LogP contribution in [-0.4, -0.2) is 32.3 Å². The molecule has 0 aromatic heterocycles. The average molecular weight is 341 g/mol. The van der Waals surface area contributed by atoms with Crippen molar-refractivity contribution in [1.82, 2.24) is 5.32 Å². The molecular weight excluding hydrogens is 316 g/mol. The third kappa shape index (κ3) is 3.67. The molecule has 0 saturated carbocycles. The van der Waals surface area contributed by atoms with Crippen molar-refractivity contribution in [3.8, 4) is 5.75 Å². The fraction of sp³-hybridized carbons (Fsp3) is 0.625. The minimum absolute atomic E-state index is 0.504. The summed E-state index contributed by atoms with van der Waals surface area (Å²) in [6.45, 7) is 8.94. The quantitative estimate of drug-likeness (QED) is 0.904. The molecule has 1 heterocycles. The molecule has 1 aliphatic heterocycles. The lowest BCUT2D eigenvalue weighted by Crippen LogP contribution is -2.55. The van der Waals surface area contributed by atoms with Crippen molar-refractivity contribution in [1.29, 1.82) is 0 Å². The van der Waals surface area contributed by atoms with Crippen LogP contribution < -0.4 is 15.0 Å². The van der Waals surface area contributed by atoms with E-state index < -0.39 is 0 Å². The Labute approximate surface area is 130 Å². The Hall–Kier alpha value is -0.740. The van der Waals surface area contributed by atoms with Crippen LogP contribution in [0.25, 0.3) is 0 Å². The van der Waals surface area contributed by atoms with Crippen molar-refractivity contribution in [3.63, 3.8) is 0 Å². The fourth-order valence-electron chi connectivity index (χ4n) is 2.84. The zero-order valence-corrected chi connectivity index (χ0v) is 14.4. The summed E-state index contributed by atoms with van der Waals surface area (Å²) in [6, 6.07) is 7.43. The molecule has 0 radical (unpaired) electrons. The average Bonchev–Trinajstić information content (AvgIpc) is 2.41. The van der Waals surface area contributed by atoms with E-state index in [1.807, 2.05) is 0 Å². The van der Waals surface area contributed by atoms with Gasteiger partial charge in [0, 0.05) is 36.9 Å². The van der Waals surface area contributed by atoms with Gasteiger partial charge in [-0.15, -0.1) is 0 Å². The van der Waals surface area contributed by atoms with E-state index >= 15 is 0 Å². The highest BCUT2D eigenvalue weighted by molar-refractivity contribution is 9.10. The highest BCUT2D eigenvalue weighted by Gasteiger charge is 2.26. The van der Waals surface area contributed by atoms with E-state index in [0.29, 0.717) is 12.1 Å². The summed E-state index contributed by atoms with van der Waals surface area (Å²) in [6.07, 6.45) is 1.22. The van der Waals surface area contributed by atoms with Gasteiger partial charge in [0.25, 0.3) is 0 Å². The summed E-state index contributed by atoms with van der Waals surface area (Å²) in [5.74, 6) is 1.62. The number of halogens is 1. The van der Waals surface area contributed by atoms with Crippen LogP contribution in [0.1, 0.15) is 27.2 Å². The summed E-state index contributed by atoms with van der Waals surface area (Å²) < 4.78 is 6.42. The zero-order chi connectivity index (χ0) is 14.7. The maximum Gasteiger partial charge on any atom is 0.135 e. The first-order chi connectivity index (χ1) is 9.51. The SMILES string of the molecule is COc1cc(N2CC(CC(C)C)NCC2C)ccc1Br. The molecule has 20 heavy (non-hydrogen) atoms. The third-order valence-electron chi connectivity index (χ3n) is 3.87. The van der Waals surface area contributed by atoms with Gasteiger partial charge in [0.1, 0.15) is 5.75 Å². The summed E-state index contributed by atoms with van der Waals surface area (Å²) in [5.41, 5.74) is 1.24. The Balaban J connectivity index is 2.16. The second-order valence-electron chi connectivity index (χ2n) is 6.05. The molecule has 4 heteroatoms. The number of nitrogens with zero attached hydrogens (tertiary/aromatic N) is 1. The first-order valence-electron chi connectivity index (χ1n) is 7.34. The summed E-state index contributed by atoms with van der Waals surface area (Å²) in [7, 11) is 1.71. The van der Waals surface area contributed by atoms with Crippen molar-refractivity contribution in [2.75, 3.05) is 25.1 Å². The lowest BCUT2D eigenvalue weighted by atomic mass is 9.99. The second kappa shape index (κ2) is 6.81. The van der Waals surface area contributed by atoms with Crippen molar-refractivity contribution in [2.45, 2.75) is 39.3 Å². The molecule has 1 aromatic rings. The molecule has 1 aromatic carbocycles. The molecule has 1 N–H and O–H groups in total. The van der Waals surface area contributed by atoms with Gasteiger partial charge in [-0.3, -0.25) is 0 Å². The van der Waals surface area contributed by atoms with Crippen molar-refractivity contribution in [3.05, 3.63) is 22.7 Å². The Morgan fingerprint density at radius 3 is 2.85 bits per heavy atom. The van der Waals surface area contributed by atoms with Gasteiger partial charge in [0.2, 0.25) is 0 Å². The highest BCUT2D eigenvalue weighted by Crippen LogP contribution is 2.31. The molecule has 2 atom stereocenters. The zero-order valence-electron chi connectivity index (χ0n) is 12.8. The molecule has 0 aliphatic carbocycles. The van der Waals surface area contributed by atoms with Gasteiger partial charge in [-0.2, -0.15) is 0 Å². The monoisotopic (exact) mass is 340 g/mol. The predicted octanol–water partition coefficient (Wildman–Crippen LogP) is 3.67. The first kappa shape index (κ1) is 15.6. The van der Waals surface area contributed by atoms with Crippen LogP contribution in [0, 0.1) is 5.92 Å². The molecule has 1 fully saturated rings. The lowest BCUT2D eigenvalue weighted by molar-refractivity contribution is 0.355. The number of nitrogens with one attached hydrogen (secondary N) is 1. The largest absolute Gasteiger partial charge is 0.495 e. The Kier molecular flexibility index (Phi) is 5.33. The Morgan fingerprint density at radius 2 is 2.20 bits per heavy atom. The number of piperazine rings is 1. The molecule has 2 unspecified atom stereocenters. The molecule has 0 spiro atoms. The minimum atomic E-state index is 0.504. The van der Waals surface area contributed by atoms with Crippen molar-refractivity contribution >= 4 is 21.6 Å². The van der Waals surface area contributed by atoms with E-state index in [0.717, 1.165) is 29.2 Å². The Morgan fingerprint density at radius 1 is 1.45 bits per heavy atom. The number of hydrogen-bond donors (Lipinski definition) is 1. The van der Waals surface area contributed by atoms with Crippen LogP contribution in [0.4, 0.5) is 5.69 Å². The molecule has 2 rings (SSSR count). The van der Waals surface area contributed by atoms with Gasteiger partial charge in [0.05, 0.1) is 11.6 Å². The fourth-order valence-corrected chi connectivity index (χ4v) is 3.25. The standard InChI is InChI=1S/C16H25BrN2O/c1-11(2)7-13-10-19(12(3)9-18-13)14-5-6-15(17)16(8-14)20-4/h5-6,8,11-13,18H,7,9-10H2,1-4H3. The maximum atomic E-state index is 5.41. The molecule has 0 amide bonds. The smallest absolute Gasteiger partial charge is 0.135 e. The minimum Gasteiger partial charge on any atom is -0.495 e. The third-order valence-corrected chi connectivity index (χ3v) is 4.53. The number of ether oxygens (including phenoxy) is 1. The maximum absolute atomic E-state index is 5.41. The number of hydrogen-bond acceptors (Lipinski definition) is 3.